The number of para-hydroxylation sites is 1. The van der Waals surface area contributed by atoms with Gasteiger partial charge in [0.05, 0.1) is 7.11 Å². The van der Waals surface area contributed by atoms with Crippen LogP contribution >= 0.6 is 0 Å². The average molecular weight is 312 g/mol. The molecule has 0 aliphatic rings. The third kappa shape index (κ3) is 5.66. The molecule has 4 nitrogen and oxygen atoms in total. The summed E-state index contributed by atoms with van der Waals surface area (Å²) in [5.74, 6) is 0.919. The van der Waals surface area contributed by atoms with Crippen LogP contribution in [0.15, 0.2) is 48.5 Å². The summed E-state index contributed by atoms with van der Waals surface area (Å²) in [6.07, 6.45) is 1.22. The maximum Gasteiger partial charge on any atom is 0.221 e. The minimum Gasteiger partial charge on any atom is -0.496 e. The molecule has 0 radical (unpaired) electrons. The van der Waals surface area contributed by atoms with Crippen molar-refractivity contribution in [1.82, 2.24) is 5.32 Å². The van der Waals surface area contributed by atoms with Gasteiger partial charge in [0.2, 0.25) is 5.91 Å². The highest BCUT2D eigenvalue weighted by atomic mass is 16.5. The molecule has 0 bridgehead atoms. The maximum absolute atomic E-state index is 11.9. The van der Waals surface area contributed by atoms with Gasteiger partial charge in [0.15, 0.2) is 0 Å². The van der Waals surface area contributed by atoms with E-state index >= 15 is 0 Å². The Morgan fingerprint density at radius 1 is 1.09 bits per heavy atom. The second-order valence-electron chi connectivity index (χ2n) is 5.46. The average Bonchev–Trinajstić information content (AvgIpc) is 2.55. The predicted octanol–water partition coefficient (Wildman–Crippen LogP) is 3.16. The van der Waals surface area contributed by atoms with Crippen molar-refractivity contribution in [1.29, 1.82) is 0 Å². The molecule has 2 aromatic carbocycles. The Labute approximate surface area is 137 Å². The summed E-state index contributed by atoms with van der Waals surface area (Å²) in [4.78, 5) is 11.9. The Morgan fingerprint density at radius 2 is 1.91 bits per heavy atom. The summed E-state index contributed by atoms with van der Waals surface area (Å²) in [6, 6.07) is 16.0. The highest BCUT2D eigenvalue weighted by Crippen LogP contribution is 2.17. The fourth-order valence-corrected chi connectivity index (χ4v) is 2.41. The van der Waals surface area contributed by atoms with Crippen LogP contribution in [-0.2, 0) is 11.2 Å². The lowest BCUT2D eigenvalue weighted by Gasteiger charge is -2.10. The van der Waals surface area contributed by atoms with E-state index in [1.54, 1.807) is 7.11 Å². The third-order valence-electron chi connectivity index (χ3n) is 3.61. The third-order valence-corrected chi connectivity index (χ3v) is 3.61. The molecule has 0 saturated heterocycles. The minimum absolute atomic E-state index is 0.0556. The van der Waals surface area contributed by atoms with Gasteiger partial charge in [-0.25, -0.2) is 0 Å². The van der Waals surface area contributed by atoms with Crippen molar-refractivity contribution in [2.45, 2.75) is 19.8 Å². The molecule has 0 aliphatic heterocycles. The number of hydrogen-bond acceptors (Lipinski definition) is 3. The van der Waals surface area contributed by atoms with E-state index in [0.717, 1.165) is 23.4 Å². The molecule has 0 aliphatic carbocycles. The number of rotatable bonds is 8. The van der Waals surface area contributed by atoms with Crippen molar-refractivity contribution in [3.8, 4) is 5.75 Å². The SMILES string of the molecule is COc1ccccc1CCNC(=O)CCNc1cccc(C)c1. The van der Waals surface area contributed by atoms with Gasteiger partial charge in [0.25, 0.3) is 0 Å². The number of carbonyl (C=O) groups is 1. The quantitative estimate of drug-likeness (QED) is 0.787. The Hall–Kier alpha value is -2.49. The van der Waals surface area contributed by atoms with Gasteiger partial charge < -0.3 is 15.4 Å². The van der Waals surface area contributed by atoms with Crippen LogP contribution < -0.4 is 15.4 Å². The standard InChI is InChI=1S/C19H24N2O2/c1-15-6-5-8-17(14-15)20-13-11-19(22)21-12-10-16-7-3-4-9-18(16)23-2/h3-9,14,20H,10-13H2,1-2H3,(H,21,22). The van der Waals surface area contributed by atoms with E-state index < -0.39 is 0 Å². The molecule has 0 saturated carbocycles. The molecule has 4 heteroatoms. The van der Waals surface area contributed by atoms with E-state index in [1.165, 1.54) is 5.56 Å². The molecule has 23 heavy (non-hydrogen) atoms. The molecular weight excluding hydrogens is 288 g/mol. The van der Waals surface area contributed by atoms with Crippen LogP contribution in [0.25, 0.3) is 0 Å². The molecule has 0 fully saturated rings. The van der Waals surface area contributed by atoms with Gasteiger partial charge in [-0.05, 0) is 42.7 Å². The van der Waals surface area contributed by atoms with Crippen LogP contribution in [0.1, 0.15) is 17.5 Å². The van der Waals surface area contributed by atoms with Crippen LogP contribution in [0.2, 0.25) is 0 Å². The second-order valence-corrected chi connectivity index (χ2v) is 5.46. The van der Waals surface area contributed by atoms with Gasteiger partial charge in [-0.15, -0.1) is 0 Å². The Kier molecular flexibility index (Phi) is 6.48. The zero-order valence-electron chi connectivity index (χ0n) is 13.8. The highest BCUT2D eigenvalue weighted by Gasteiger charge is 2.04. The Bertz CT molecular complexity index is 641. The van der Waals surface area contributed by atoms with E-state index in [0.29, 0.717) is 19.5 Å². The number of methoxy groups -OCH3 is 1. The highest BCUT2D eigenvalue weighted by molar-refractivity contribution is 5.76. The summed E-state index contributed by atoms with van der Waals surface area (Å²) in [6.45, 7) is 3.29. The molecule has 2 rings (SSSR count). The van der Waals surface area contributed by atoms with E-state index in [1.807, 2.05) is 36.4 Å². The summed E-state index contributed by atoms with van der Waals surface area (Å²) in [5.41, 5.74) is 3.36. The summed E-state index contributed by atoms with van der Waals surface area (Å²) in [7, 11) is 1.66. The lowest BCUT2D eigenvalue weighted by Crippen LogP contribution is -2.27. The Balaban J connectivity index is 1.67. The van der Waals surface area contributed by atoms with Crippen LogP contribution in [-0.4, -0.2) is 26.1 Å². The number of ether oxygens (including phenoxy) is 1. The van der Waals surface area contributed by atoms with Crippen LogP contribution in [0, 0.1) is 6.92 Å². The topological polar surface area (TPSA) is 50.4 Å². The van der Waals surface area contributed by atoms with Crippen LogP contribution in [0.3, 0.4) is 0 Å². The van der Waals surface area contributed by atoms with Crippen molar-refractivity contribution in [2.75, 3.05) is 25.5 Å². The zero-order valence-corrected chi connectivity index (χ0v) is 13.8. The van der Waals surface area contributed by atoms with Crippen molar-refractivity contribution in [3.05, 3.63) is 59.7 Å². The molecule has 0 spiro atoms. The first-order valence-corrected chi connectivity index (χ1v) is 7.88. The van der Waals surface area contributed by atoms with E-state index in [-0.39, 0.29) is 5.91 Å². The minimum atomic E-state index is 0.0556. The molecule has 0 heterocycles. The molecule has 0 unspecified atom stereocenters. The fraction of sp³-hybridized carbons (Fsp3) is 0.316. The predicted molar refractivity (Wildman–Crippen MR) is 94.0 cm³/mol. The summed E-state index contributed by atoms with van der Waals surface area (Å²) >= 11 is 0. The van der Waals surface area contributed by atoms with Crippen LogP contribution in [0.4, 0.5) is 5.69 Å². The normalized spacial score (nSPS) is 10.2. The van der Waals surface area contributed by atoms with Gasteiger partial charge in [0, 0.05) is 25.2 Å². The van der Waals surface area contributed by atoms with Gasteiger partial charge in [-0.3, -0.25) is 4.79 Å². The van der Waals surface area contributed by atoms with Gasteiger partial charge in [0.1, 0.15) is 5.75 Å². The first-order chi connectivity index (χ1) is 11.2. The first kappa shape index (κ1) is 16.9. The van der Waals surface area contributed by atoms with Gasteiger partial charge in [-0.1, -0.05) is 30.3 Å². The lowest BCUT2D eigenvalue weighted by atomic mass is 10.1. The monoisotopic (exact) mass is 312 g/mol. The molecule has 0 aromatic heterocycles. The second kappa shape index (κ2) is 8.83. The number of nitrogens with one attached hydrogen (secondary N) is 2. The first-order valence-electron chi connectivity index (χ1n) is 7.88. The summed E-state index contributed by atoms with van der Waals surface area (Å²) in [5, 5.41) is 6.21. The Morgan fingerprint density at radius 3 is 2.70 bits per heavy atom. The number of hydrogen-bond donors (Lipinski definition) is 2. The van der Waals surface area contributed by atoms with Crippen molar-refractivity contribution < 1.29 is 9.53 Å². The van der Waals surface area contributed by atoms with Crippen molar-refractivity contribution in [3.63, 3.8) is 0 Å². The number of benzene rings is 2. The van der Waals surface area contributed by atoms with Gasteiger partial charge in [-0.2, -0.15) is 0 Å². The molecule has 122 valence electrons. The van der Waals surface area contributed by atoms with E-state index in [9.17, 15) is 4.79 Å². The molecule has 2 N–H and O–H groups in total. The number of carbonyl (C=O) groups excluding carboxylic acids is 1. The maximum atomic E-state index is 11.9. The number of aryl methyl sites for hydroxylation is 1. The van der Waals surface area contributed by atoms with E-state index in [2.05, 4.69) is 29.7 Å². The molecular formula is C19H24N2O2. The van der Waals surface area contributed by atoms with Crippen LogP contribution in [0.5, 0.6) is 5.75 Å². The molecule has 1 amide bonds. The number of amides is 1. The summed E-state index contributed by atoms with van der Waals surface area (Å²) < 4.78 is 5.30. The molecule has 2 aromatic rings. The van der Waals surface area contributed by atoms with Crippen molar-refractivity contribution >= 4 is 11.6 Å². The molecule has 0 atom stereocenters. The fourth-order valence-electron chi connectivity index (χ4n) is 2.41. The largest absolute Gasteiger partial charge is 0.496 e. The van der Waals surface area contributed by atoms with E-state index in [4.69, 9.17) is 4.74 Å². The van der Waals surface area contributed by atoms with Crippen molar-refractivity contribution in [2.24, 2.45) is 0 Å². The number of anilines is 1. The smallest absolute Gasteiger partial charge is 0.221 e. The van der Waals surface area contributed by atoms with Gasteiger partial charge >= 0.3 is 0 Å². The lowest BCUT2D eigenvalue weighted by molar-refractivity contribution is -0.120. The zero-order chi connectivity index (χ0) is 16.5.